The van der Waals surface area contributed by atoms with Gasteiger partial charge in [-0.3, -0.25) is 53.5 Å². The molecule has 39 nitrogen and oxygen atoms in total. The highest BCUT2D eigenvalue weighted by Crippen LogP contribution is 2.46. The van der Waals surface area contributed by atoms with Crippen molar-refractivity contribution >= 4 is 180 Å². The largest absolute Gasteiger partial charge is 0.524 e. The molecule has 0 aliphatic carbocycles. The van der Waals surface area contributed by atoms with Crippen molar-refractivity contribution in [1.29, 1.82) is 0 Å². The van der Waals surface area contributed by atoms with Crippen LogP contribution in [0.3, 0.4) is 0 Å². The number of aromatic hydroxyl groups is 2. The van der Waals surface area contributed by atoms with Gasteiger partial charge in [0.15, 0.2) is 17.5 Å². The Morgan fingerprint density at radius 1 is 0.386 bits per heavy atom. The van der Waals surface area contributed by atoms with Crippen LogP contribution in [0.2, 0.25) is 0 Å². The Hall–Kier alpha value is -9.51. The quantitative estimate of drug-likeness (QED) is 0.00958. The lowest BCUT2D eigenvalue weighted by Gasteiger charge is -2.17. The van der Waals surface area contributed by atoms with Gasteiger partial charge in [-0.2, -0.15) is 0 Å². The molecule has 0 unspecified atom stereocenters. The van der Waals surface area contributed by atoms with E-state index in [0.29, 0.717) is 153 Å². The average Bonchev–Trinajstić information content (AvgIpc) is 1.62. The van der Waals surface area contributed by atoms with Gasteiger partial charge in [0.25, 0.3) is 0 Å². The van der Waals surface area contributed by atoms with E-state index < -0.39 is 31.3 Å². The number of phosphoric ester groups is 4. The summed E-state index contributed by atoms with van der Waals surface area (Å²) in [7, 11) is -19.5. The van der Waals surface area contributed by atoms with E-state index in [9.17, 15) is 82.0 Å². The van der Waals surface area contributed by atoms with Crippen molar-refractivity contribution in [3.63, 3.8) is 0 Å². The number of phosphoric acid groups is 4. The number of fused-ring (bicyclic) bond motifs is 9. The Morgan fingerprint density at radius 2 is 0.701 bits per heavy atom. The van der Waals surface area contributed by atoms with Crippen molar-refractivity contribution in [3.8, 4) is 34.5 Å². The number of alkyl halides is 3. The monoisotopic (exact) mass is 2030 g/mol. The number of ether oxygens (including phenoxy) is 3. The van der Waals surface area contributed by atoms with Gasteiger partial charge in [0, 0.05) is 71.7 Å². The molecule has 12 rings (SSSR count). The van der Waals surface area contributed by atoms with Crippen LogP contribution in [0.4, 0.5) is 17.5 Å². The third-order valence-electron chi connectivity index (χ3n) is 19.5. The molecule has 6 aromatic carbocycles. The summed E-state index contributed by atoms with van der Waals surface area (Å²) >= 11 is 9.29. The van der Waals surface area contributed by atoms with Crippen LogP contribution in [0.15, 0.2) is 109 Å². The normalized spacial score (nSPS) is 11.9. The van der Waals surface area contributed by atoms with Gasteiger partial charge in [0.05, 0.1) is 108 Å². The summed E-state index contributed by atoms with van der Waals surface area (Å²) in [6.45, 7) is 10.2. The minimum Gasteiger partial charge on any atom is -0.508 e. The molecule has 46 heteroatoms. The zero-order valence-corrected chi connectivity index (χ0v) is 77.7. The Bertz CT molecular complexity index is 6110. The molecule has 0 spiro atoms. The van der Waals surface area contributed by atoms with Gasteiger partial charge in [-0.15, -0.1) is 0 Å². The lowest BCUT2D eigenvalue weighted by Crippen LogP contribution is -2.28. The third-order valence-corrected chi connectivity index (χ3v) is 22.8. The van der Waals surface area contributed by atoms with Crippen molar-refractivity contribution in [1.82, 2.24) is 59.6 Å². The maximum atomic E-state index is 11.8. The fourth-order valence-electron chi connectivity index (χ4n) is 13.8. The highest BCUT2D eigenvalue weighted by Gasteiger charge is 2.28. The number of nitrogen functional groups attached to an aromatic ring is 3. The van der Waals surface area contributed by atoms with Crippen LogP contribution in [0.1, 0.15) is 110 Å². The second-order valence-corrected chi connectivity index (χ2v) is 35.3. The molecule has 6 aromatic heterocycles. The molecule has 0 fully saturated rings. The summed E-state index contributed by atoms with van der Waals surface area (Å²) in [6.07, 6.45) is 8.99. The minimum absolute atomic E-state index is 0.0418. The molecular weight excluding hydrogens is 1930 g/mol. The maximum Gasteiger partial charge on any atom is 0.524 e. The summed E-state index contributed by atoms with van der Waals surface area (Å²) in [5, 5.41) is 32.0. The second-order valence-electron chi connectivity index (χ2n) is 29.0. The molecule has 0 atom stereocenters. The summed E-state index contributed by atoms with van der Waals surface area (Å²) in [6, 6.07) is 29.1. The van der Waals surface area contributed by atoms with E-state index in [2.05, 4.69) is 92.5 Å². The topological polar surface area (TPSA) is 593 Å². The molecule has 0 radical (unpaired) electrons. The van der Waals surface area contributed by atoms with Crippen LogP contribution in [-0.2, 0) is 105 Å². The van der Waals surface area contributed by atoms with Crippen LogP contribution in [0.25, 0.3) is 65.8 Å². The van der Waals surface area contributed by atoms with Crippen LogP contribution in [0.5, 0.6) is 34.5 Å². The van der Waals surface area contributed by atoms with Crippen molar-refractivity contribution in [2.75, 3.05) is 92.5 Å². The number of nitrogens with two attached hydrogens (primary N) is 3. The van der Waals surface area contributed by atoms with E-state index in [1.54, 1.807) is 0 Å². The lowest BCUT2D eigenvalue weighted by molar-refractivity contribution is -0.119. The number of carbonyl (C=O) groups excluding carboxylic acids is 3. The molecule has 684 valence electrons. The highest BCUT2D eigenvalue weighted by atomic mass is 79.9. The number of nitrogens with zero attached hydrogens (tertiary/aromatic N) is 9. The first-order valence-electron chi connectivity index (χ1n) is 40.2. The number of aryl methyl sites for hydroxylation is 3. The first-order valence-corrected chi connectivity index (χ1v) is 49.6. The summed E-state index contributed by atoms with van der Waals surface area (Å²) in [4.78, 5) is 137. The molecule has 0 saturated carbocycles. The van der Waals surface area contributed by atoms with Crippen molar-refractivity contribution in [3.05, 3.63) is 160 Å². The van der Waals surface area contributed by atoms with Crippen LogP contribution in [-0.4, -0.2) is 186 Å². The summed E-state index contributed by atoms with van der Waals surface area (Å²) in [5.41, 5.74) is 28.6. The van der Waals surface area contributed by atoms with Gasteiger partial charge in [-0.25, -0.2) is 48.2 Å². The predicted molar refractivity (Wildman–Crippen MR) is 489 cm³/mol. The zero-order valence-electron chi connectivity index (χ0n) is 69.4. The number of phenolic OH excluding ortho intramolecular Hbond substituents is 2. The molecule has 0 saturated heterocycles. The number of halogens is 3. The average molecular weight is 2030 g/mol. The fraction of sp³-hybridized carbons (Fsp3) is 0.370. The lowest BCUT2D eigenvalue weighted by atomic mass is 10.1. The number of phenols is 2. The van der Waals surface area contributed by atoms with Crippen LogP contribution >= 0.6 is 79.1 Å². The van der Waals surface area contributed by atoms with Gasteiger partial charge in [0.2, 0.25) is 17.7 Å². The van der Waals surface area contributed by atoms with Crippen LogP contribution < -0.4 is 51.2 Å². The number of amides is 3. The number of nitrogens with one attached hydrogen (secondary N) is 3. The Morgan fingerprint density at radius 3 is 1.03 bits per heavy atom. The van der Waals surface area contributed by atoms with E-state index in [-0.39, 0.29) is 111 Å². The number of pyridine rings is 3. The van der Waals surface area contributed by atoms with Crippen molar-refractivity contribution in [2.45, 2.75) is 117 Å². The number of hydrogen-bond donors (Lipinski definition) is 16. The molecule has 0 bridgehead atoms. The van der Waals surface area contributed by atoms with Crippen molar-refractivity contribution < 1.29 is 114 Å². The number of hydrogen-bond acceptors (Lipinski definition) is 25. The summed E-state index contributed by atoms with van der Waals surface area (Å²) < 4.78 is 88.2. The molecule has 19 N–H and O–H groups in total. The summed E-state index contributed by atoms with van der Waals surface area (Å²) in [5.74, 6) is 1.91. The van der Waals surface area contributed by atoms with E-state index in [1.807, 2.05) is 75.2 Å². The van der Waals surface area contributed by atoms with Gasteiger partial charge >= 0.3 is 31.3 Å². The number of aromatic nitrogens is 9. The first-order chi connectivity index (χ1) is 60.5. The van der Waals surface area contributed by atoms with Gasteiger partial charge in [0.1, 0.15) is 68.5 Å². The number of carbonyl (C=O) groups is 3. The zero-order chi connectivity index (χ0) is 91.9. The number of unbranched alkanes of at least 4 members (excludes halogenated alkanes) is 3. The van der Waals surface area contributed by atoms with Gasteiger partial charge in [-0.05, 0) is 128 Å². The van der Waals surface area contributed by atoms with E-state index in [1.165, 1.54) is 48.5 Å². The number of anilines is 3. The standard InChI is InChI=1S/C27H34BrN5O10P2.2C27H33BrN5O7P/c1-2-3-4-23-32-25-26(33(23)16-18-14-19(42-44(35,36)37)6-8-22(18)43-45(38,39)40)20-7-5-17(13-21(20)31-27(25)29)9-11-41-12-10-30-24(34)15-28;1-2-3-4-23-32-25-26(33(23)16-18-14-19(6-8-22(18)34)40-41(36,37)38)20-7-5-17(13-21(20)31-27(25)29)9-11-39-12-10-30-24(35)15-28;1-2-3-4-23-32-25-26(33(23)16-18-14-19(34)6-8-22(18)40-41(36,37)38)20-7-5-17(13-21(20)31-27(25)29)9-11-39-12-10-30-24(35)15-28/h5-8,13-14H,2-4,9-12,15-16H2,1H3,(H2,29,31)(H,30,34)(H2,35,36,37)(H2,38,39,40);2*5-8,13-14,34H,2-4,9-12,15-16H2,1H3,(H2,29,31)(H,30,35)(H2,36,37,38). The third kappa shape index (κ3) is 29.0. The molecular formula is C81H100Br3N15O24P4. The predicted octanol–water partition coefficient (Wildman–Crippen LogP) is 11.2. The molecule has 0 aliphatic rings. The SMILES string of the molecule is CCCCc1nc2c(N)nc3cc(CCOCCNC(=O)CBr)ccc3c2n1Cc1cc(O)ccc1OP(=O)(O)O.CCCCc1nc2c(N)nc3cc(CCOCCNC(=O)CBr)ccc3c2n1Cc1cc(OP(=O)(O)O)ccc1O.CCCCc1nc2c(N)nc3cc(CCOCCNC(=O)CBr)ccc3c2n1Cc1cc(OP(=O)(O)O)ccc1OP(=O)(O)O. The number of imidazole rings is 3. The first kappa shape index (κ1) is 99.6. The number of benzene rings is 6. The molecule has 127 heavy (non-hydrogen) atoms. The highest BCUT2D eigenvalue weighted by molar-refractivity contribution is 9.09. The Kier molecular flexibility index (Phi) is 36.2. The minimum atomic E-state index is -4.99. The Balaban J connectivity index is 0.000000199. The number of rotatable bonds is 44. The Labute approximate surface area is 753 Å². The van der Waals surface area contributed by atoms with E-state index in [0.717, 1.165) is 100 Å². The van der Waals surface area contributed by atoms with E-state index in [4.69, 9.17) is 64.5 Å². The molecule has 3 amide bonds. The maximum absolute atomic E-state index is 11.8. The van der Waals surface area contributed by atoms with Crippen molar-refractivity contribution in [2.24, 2.45) is 0 Å². The fourth-order valence-corrected chi connectivity index (χ4v) is 16.0. The van der Waals surface area contributed by atoms with Gasteiger partial charge < -0.3 is 89.4 Å². The molecule has 12 aromatic rings. The van der Waals surface area contributed by atoms with Gasteiger partial charge in [-0.1, -0.05) is 124 Å². The van der Waals surface area contributed by atoms with Crippen LogP contribution in [0, 0.1) is 0 Å². The second kappa shape index (κ2) is 46.1. The molecule has 6 heterocycles. The van der Waals surface area contributed by atoms with E-state index >= 15 is 0 Å². The molecule has 0 aliphatic heterocycles. The smallest absolute Gasteiger partial charge is 0.508 e.